The minimum Gasteiger partial charge on any atom is -0.481 e. The molecule has 0 radical (unpaired) electrons. The minimum atomic E-state index is -0.945. The standard InChI is InChI=1S/C12H21N3O4/c1-12(2,3)15(5-4-10(17)18)11(19)14-8-6-9(16)13-7-8/h8H,4-7H2,1-3H3,(H,13,16)(H,14,19)(H,17,18). The highest BCUT2D eigenvalue weighted by molar-refractivity contribution is 5.81. The lowest BCUT2D eigenvalue weighted by Gasteiger charge is -2.36. The van der Waals surface area contributed by atoms with Crippen molar-refractivity contribution in [3.8, 4) is 0 Å². The Bertz CT molecular complexity index is 376. The first-order valence-corrected chi connectivity index (χ1v) is 6.27. The fraction of sp³-hybridized carbons (Fsp3) is 0.750. The van der Waals surface area contributed by atoms with Crippen LogP contribution in [0.15, 0.2) is 0 Å². The van der Waals surface area contributed by atoms with Crippen LogP contribution in [0.5, 0.6) is 0 Å². The van der Waals surface area contributed by atoms with Crippen molar-refractivity contribution < 1.29 is 19.5 Å². The van der Waals surface area contributed by atoms with Crippen LogP contribution in [0.4, 0.5) is 4.79 Å². The van der Waals surface area contributed by atoms with Gasteiger partial charge in [-0.25, -0.2) is 4.79 Å². The third kappa shape index (κ3) is 4.76. The van der Waals surface area contributed by atoms with Crippen LogP contribution in [0.3, 0.4) is 0 Å². The Morgan fingerprint density at radius 1 is 1.47 bits per heavy atom. The number of amides is 3. The molecule has 3 N–H and O–H groups in total. The van der Waals surface area contributed by atoms with Crippen LogP contribution in [-0.2, 0) is 9.59 Å². The van der Waals surface area contributed by atoms with Crippen molar-refractivity contribution in [2.75, 3.05) is 13.1 Å². The molecule has 7 heteroatoms. The zero-order valence-electron chi connectivity index (χ0n) is 11.5. The number of carbonyl (C=O) groups excluding carboxylic acids is 2. The average Bonchev–Trinajstić information content (AvgIpc) is 2.61. The summed E-state index contributed by atoms with van der Waals surface area (Å²) in [5.74, 6) is -1.03. The maximum absolute atomic E-state index is 12.1. The van der Waals surface area contributed by atoms with Gasteiger partial charge in [-0.2, -0.15) is 0 Å². The number of carboxylic acid groups (broad SMARTS) is 1. The highest BCUT2D eigenvalue weighted by atomic mass is 16.4. The minimum absolute atomic E-state index is 0.0851. The third-order valence-electron chi connectivity index (χ3n) is 2.91. The molecule has 0 saturated carbocycles. The van der Waals surface area contributed by atoms with E-state index in [1.54, 1.807) is 0 Å². The summed E-state index contributed by atoms with van der Waals surface area (Å²) in [7, 11) is 0. The van der Waals surface area contributed by atoms with Crippen LogP contribution in [0.1, 0.15) is 33.6 Å². The first-order chi connectivity index (χ1) is 8.70. The van der Waals surface area contributed by atoms with Crippen LogP contribution >= 0.6 is 0 Å². The van der Waals surface area contributed by atoms with Gasteiger partial charge in [0.05, 0.1) is 12.5 Å². The predicted molar refractivity (Wildman–Crippen MR) is 68.7 cm³/mol. The Hall–Kier alpha value is -1.79. The second kappa shape index (κ2) is 5.90. The van der Waals surface area contributed by atoms with E-state index in [-0.39, 0.29) is 37.4 Å². The Kier molecular flexibility index (Phi) is 4.74. The molecule has 0 aromatic heterocycles. The van der Waals surface area contributed by atoms with Gasteiger partial charge < -0.3 is 20.6 Å². The summed E-state index contributed by atoms with van der Waals surface area (Å²) in [5.41, 5.74) is -0.477. The number of hydrogen-bond acceptors (Lipinski definition) is 3. The van der Waals surface area contributed by atoms with E-state index >= 15 is 0 Å². The molecule has 1 saturated heterocycles. The van der Waals surface area contributed by atoms with Crippen molar-refractivity contribution >= 4 is 17.9 Å². The summed E-state index contributed by atoms with van der Waals surface area (Å²) < 4.78 is 0. The van der Waals surface area contributed by atoms with Crippen LogP contribution < -0.4 is 10.6 Å². The highest BCUT2D eigenvalue weighted by Gasteiger charge is 2.30. The summed E-state index contributed by atoms with van der Waals surface area (Å²) in [6, 6.07) is -0.565. The van der Waals surface area contributed by atoms with E-state index in [0.717, 1.165) is 0 Å². The number of urea groups is 1. The molecular formula is C12H21N3O4. The molecule has 1 aliphatic heterocycles. The maximum atomic E-state index is 12.1. The van der Waals surface area contributed by atoms with E-state index in [2.05, 4.69) is 10.6 Å². The van der Waals surface area contributed by atoms with E-state index in [1.807, 2.05) is 20.8 Å². The topological polar surface area (TPSA) is 98.7 Å². The van der Waals surface area contributed by atoms with Gasteiger partial charge >= 0.3 is 12.0 Å². The molecule has 1 rings (SSSR count). The van der Waals surface area contributed by atoms with Crippen molar-refractivity contribution in [3.63, 3.8) is 0 Å². The lowest BCUT2D eigenvalue weighted by Crippen LogP contribution is -2.53. The molecule has 0 bridgehead atoms. The van der Waals surface area contributed by atoms with Gasteiger partial charge in [0.1, 0.15) is 0 Å². The normalized spacial score (nSPS) is 18.9. The number of carboxylic acids is 1. The van der Waals surface area contributed by atoms with Crippen molar-refractivity contribution in [1.29, 1.82) is 0 Å². The highest BCUT2D eigenvalue weighted by Crippen LogP contribution is 2.14. The third-order valence-corrected chi connectivity index (χ3v) is 2.91. The van der Waals surface area contributed by atoms with Gasteiger partial charge in [-0.15, -0.1) is 0 Å². The number of hydrogen-bond donors (Lipinski definition) is 3. The molecule has 108 valence electrons. The first kappa shape index (κ1) is 15.3. The van der Waals surface area contributed by atoms with Gasteiger partial charge in [0.15, 0.2) is 0 Å². The van der Waals surface area contributed by atoms with Crippen molar-refractivity contribution in [3.05, 3.63) is 0 Å². The zero-order valence-corrected chi connectivity index (χ0v) is 11.5. The van der Waals surface area contributed by atoms with Crippen molar-refractivity contribution in [1.82, 2.24) is 15.5 Å². The molecule has 0 aromatic rings. The maximum Gasteiger partial charge on any atom is 0.318 e. The molecule has 7 nitrogen and oxygen atoms in total. The van der Waals surface area contributed by atoms with Gasteiger partial charge in [-0.1, -0.05) is 0 Å². The van der Waals surface area contributed by atoms with Crippen molar-refractivity contribution in [2.45, 2.75) is 45.2 Å². The van der Waals surface area contributed by atoms with Gasteiger partial charge in [0.25, 0.3) is 0 Å². The van der Waals surface area contributed by atoms with Crippen LogP contribution in [0.2, 0.25) is 0 Å². The molecule has 1 fully saturated rings. The summed E-state index contributed by atoms with van der Waals surface area (Å²) in [6.45, 7) is 6.08. The van der Waals surface area contributed by atoms with Gasteiger partial charge in [-0.05, 0) is 20.8 Å². The molecule has 1 atom stereocenters. The summed E-state index contributed by atoms with van der Waals surface area (Å²) >= 11 is 0. The van der Waals surface area contributed by atoms with Gasteiger partial charge in [0.2, 0.25) is 5.91 Å². The second-order valence-electron chi connectivity index (χ2n) is 5.62. The number of nitrogens with one attached hydrogen (secondary N) is 2. The SMILES string of the molecule is CC(C)(C)N(CCC(=O)O)C(=O)NC1CNC(=O)C1. The Morgan fingerprint density at radius 3 is 2.53 bits per heavy atom. The predicted octanol–water partition coefficient (Wildman–Crippen LogP) is 0.160. The van der Waals surface area contributed by atoms with E-state index in [0.29, 0.717) is 6.54 Å². The number of carbonyl (C=O) groups is 3. The van der Waals surface area contributed by atoms with Gasteiger partial charge in [0, 0.05) is 25.0 Å². The van der Waals surface area contributed by atoms with Crippen LogP contribution in [0, 0.1) is 0 Å². The summed E-state index contributed by atoms with van der Waals surface area (Å²) in [6.07, 6.45) is 0.162. The summed E-state index contributed by atoms with van der Waals surface area (Å²) in [4.78, 5) is 35.3. The fourth-order valence-corrected chi connectivity index (χ4v) is 1.91. The monoisotopic (exact) mass is 271 g/mol. The van der Waals surface area contributed by atoms with Crippen LogP contribution in [0.25, 0.3) is 0 Å². The fourth-order valence-electron chi connectivity index (χ4n) is 1.91. The molecule has 0 aliphatic carbocycles. The largest absolute Gasteiger partial charge is 0.481 e. The summed E-state index contributed by atoms with van der Waals surface area (Å²) in [5, 5.41) is 14.1. The molecule has 3 amide bonds. The van der Waals surface area contributed by atoms with E-state index in [4.69, 9.17) is 5.11 Å². The molecule has 0 aromatic carbocycles. The Balaban J connectivity index is 2.61. The molecule has 0 spiro atoms. The number of rotatable bonds is 4. The van der Waals surface area contributed by atoms with E-state index in [9.17, 15) is 14.4 Å². The zero-order chi connectivity index (χ0) is 14.6. The van der Waals surface area contributed by atoms with E-state index < -0.39 is 11.5 Å². The molecular weight excluding hydrogens is 250 g/mol. The number of aliphatic carboxylic acids is 1. The smallest absolute Gasteiger partial charge is 0.318 e. The van der Waals surface area contributed by atoms with Crippen LogP contribution in [-0.4, -0.2) is 52.6 Å². The Labute approximate surface area is 112 Å². The van der Waals surface area contributed by atoms with Gasteiger partial charge in [-0.3, -0.25) is 9.59 Å². The molecule has 19 heavy (non-hydrogen) atoms. The number of nitrogens with zero attached hydrogens (tertiary/aromatic N) is 1. The lowest BCUT2D eigenvalue weighted by atomic mass is 10.1. The second-order valence-corrected chi connectivity index (χ2v) is 5.62. The molecule has 1 aliphatic rings. The average molecular weight is 271 g/mol. The van der Waals surface area contributed by atoms with Crippen molar-refractivity contribution in [2.24, 2.45) is 0 Å². The lowest BCUT2D eigenvalue weighted by molar-refractivity contribution is -0.137. The molecule has 1 heterocycles. The first-order valence-electron chi connectivity index (χ1n) is 6.27. The Morgan fingerprint density at radius 2 is 2.11 bits per heavy atom. The molecule has 1 unspecified atom stereocenters. The van der Waals surface area contributed by atoms with E-state index in [1.165, 1.54) is 4.90 Å². The quantitative estimate of drug-likeness (QED) is 0.678.